The Bertz CT molecular complexity index is 675. The molecule has 0 unspecified atom stereocenters. The van der Waals surface area contributed by atoms with E-state index >= 15 is 0 Å². The molecule has 128 valence electrons. The minimum atomic E-state index is -0.339. The summed E-state index contributed by atoms with van der Waals surface area (Å²) in [5, 5.41) is 13.6. The summed E-state index contributed by atoms with van der Waals surface area (Å²) in [6, 6.07) is 5.46. The van der Waals surface area contributed by atoms with Gasteiger partial charge in [0.25, 0.3) is 0 Å². The molecule has 1 aliphatic heterocycles. The number of aromatic nitrogens is 3. The standard InChI is InChI=1S/C16H21N5O3/c1-20(15(23)11-21-8-4-5-12(22)9-21)10-14-18-16(19-24-14)13-6-2-3-7-17-13/h2-3,6-7,12,22H,4-5,8-11H2,1H3/t12-/m0/s1. The summed E-state index contributed by atoms with van der Waals surface area (Å²) >= 11 is 0. The van der Waals surface area contributed by atoms with Crippen molar-refractivity contribution < 1.29 is 14.4 Å². The van der Waals surface area contributed by atoms with E-state index in [0.717, 1.165) is 19.4 Å². The van der Waals surface area contributed by atoms with E-state index in [9.17, 15) is 9.90 Å². The fourth-order valence-corrected chi connectivity index (χ4v) is 2.70. The number of hydrogen-bond acceptors (Lipinski definition) is 7. The topological polar surface area (TPSA) is 95.6 Å². The van der Waals surface area contributed by atoms with Crippen molar-refractivity contribution in [1.29, 1.82) is 0 Å². The van der Waals surface area contributed by atoms with Gasteiger partial charge in [0.2, 0.25) is 17.6 Å². The number of aliphatic hydroxyl groups is 1. The van der Waals surface area contributed by atoms with Crippen LogP contribution in [0.3, 0.4) is 0 Å². The monoisotopic (exact) mass is 331 g/mol. The van der Waals surface area contributed by atoms with E-state index < -0.39 is 0 Å². The molecule has 2 aromatic rings. The normalized spacial score (nSPS) is 18.5. The summed E-state index contributed by atoms with van der Waals surface area (Å²) in [5.41, 5.74) is 0.629. The summed E-state index contributed by atoms with van der Waals surface area (Å²) in [6.45, 7) is 1.91. The predicted molar refractivity (Wildman–Crippen MR) is 85.7 cm³/mol. The van der Waals surface area contributed by atoms with Crippen molar-refractivity contribution in [1.82, 2.24) is 24.9 Å². The van der Waals surface area contributed by atoms with Gasteiger partial charge < -0.3 is 14.5 Å². The van der Waals surface area contributed by atoms with E-state index in [4.69, 9.17) is 4.52 Å². The smallest absolute Gasteiger partial charge is 0.246 e. The van der Waals surface area contributed by atoms with E-state index in [1.54, 1.807) is 24.2 Å². The van der Waals surface area contributed by atoms with Gasteiger partial charge in [-0.2, -0.15) is 4.98 Å². The van der Waals surface area contributed by atoms with E-state index in [1.807, 2.05) is 17.0 Å². The van der Waals surface area contributed by atoms with Crippen molar-refractivity contribution >= 4 is 5.91 Å². The predicted octanol–water partition coefficient (Wildman–Crippen LogP) is 0.547. The maximum atomic E-state index is 12.3. The summed E-state index contributed by atoms with van der Waals surface area (Å²) < 4.78 is 5.20. The van der Waals surface area contributed by atoms with Crippen LogP contribution in [0.4, 0.5) is 0 Å². The maximum absolute atomic E-state index is 12.3. The van der Waals surface area contributed by atoms with Crippen molar-refractivity contribution in [2.45, 2.75) is 25.5 Å². The van der Waals surface area contributed by atoms with Crippen LogP contribution in [-0.4, -0.2) is 68.7 Å². The molecule has 0 aromatic carbocycles. The lowest BCUT2D eigenvalue weighted by molar-refractivity contribution is -0.132. The molecule has 1 aliphatic rings. The van der Waals surface area contributed by atoms with Crippen molar-refractivity contribution in [2.75, 3.05) is 26.7 Å². The Morgan fingerprint density at radius 3 is 3.12 bits per heavy atom. The molecule has 8 heteroatoms. The summed E-state index contributed by atoms with van der Waals surface area (Å²) in [7, 11) is 1.70. The van der Waals surface area contributed by atoms with E-state index in [-0.39, 0.29) is 25.1 Å². The molecule has 1 atom stereocenters. The Labute approximate surface area is 140 Å². The highest BCUT2D eigenvalue weighted by Crippen LogP contribution is 2.13. The fourth-order valence-electron chi connectivity index (χ4n) is 2.70. The van der Waals surface area contributed by atoms with Crippen LogP contribution in [0.2, 0.25) is 0 Å². The van der Waals surface area contributed by atoms with Crippen LogP contribution >= 0.6 is 0 Å². The summed E-state index contributed by atoms with van der Waals surface area (Å²) in [4.78, 5) is 24.3. The van der Waals surface area contributed by atoms with Gasteiger partial charge in [-0.3, -0.25) is 14.7 Å². The van der Waals surface area contributed by atoms with Crippen LogP contribution in [0, 0.1) is 0 Å². The number of amides is 1. The molecule has 0 radical (unpaired) electrons. The average Bonchev–Trinajstić information content (AvgIpc) is 3.04. The van der Waals surface area contributed by atoms with Gasteiger partial charge in [0.15, 0.2) is 0 Å². The second-order valence-corrected chi connectivity index (χ2v) is 6.01. The first-order valence-corrected chi connectivity index (χ1v) is 8.00. The number of rotatable bonds is 5. The number of hydrogen-bond donors (Lipinski definition) is 1. The number of aliphatic hydroxyl groups excluding tert-OH is 1. The molecule has 1 saturated heterocycles. The van der Waals surface area contributed by atoms with Crippen molar-refractivity contribution in [2.24, 2.45) is 0 Å². The van der Waals surface area contributed by atoms with Gasteiger partial charge in [0.05, 0.1) is 19.2 Å². The first-order chi connectivity index (χ1) is 11.6. The molecule has 0 aliphatic carbocycles. The van der Waals surface area contributed by atoms with Crippen molar-refractivity contribution in [3.63, 3.8) is 0 Å². The maximum Gasteiger partial charge on any atom is 0.246 e. The van der Waals surface area contributed by atoms with Gasteiger partial charge in [-0.05, 0) is 31.5 Å². The van der Waals surface area contributed by atoms with Crippen LogP contribution in [-0.2, 0) is 11.3 Å². The Hall–Kier alpha value is -2.32. The first kappa shape index (κ1) is 16.5. The minimum absolute atomic E-state index is 0.0401. The highest BCUT2D eigenvalue weighted by atomic mass is 16.5. The minimum Gasteiger partial charge on any atom is -0.392 e. The highest BCUT2D eigenvalue weighted by molar-refractivity contribution is 5.77. The van der Waals surface area contributed by atoms with Crippen LogP contribution in [0.5, 0.6) is 0 Å². The second kappa shape index (κ2) is 7.50. The largest absolute Gasteiger partial charge is 0.392 e. The fraction of sp³-hybridized carbons (Fsp3) is 0.500. The highest BCUT2D eigenvalue weighted by Gasteiger charge is 2.22. The molecular formula is C16H21N5O3. The van der Waals surface area contributed by atoms with Gasteiger partial charge in [-0.15, -0.1) is 0 Å². The quantitative estimate of drug-likeness (QED) is 0.854. The van der Waals surface area contributed by atoms with Crippen molar-refractivity contribution in [3.05, 3.63) is 30.3 Å². The first-order valence-electron chi connectivity index (χ1n) is 8.00. The lowest BCUT2D eigenvalue weighted by Crippen LogP contribution is -2.44. The van der Waals surface area contributed by atoms with Crippen molar-refractivity contribution in [3.8, 4) is 11.5 Å². The molecule has 24 heavy (non-hydrogen) atoms. The Morgan fingerprint density at radius 2 is 2.38 bits per heavy atom. The number of nitrogens with zero attached hydrogens (tertiary/aromatic N) is 5. The third-order valence-electron chi connectivity index (χ3n) is 4.00. The summed E-state index contributed by atoms with van der Waals surface area (Å²) in [5.74, 6) is 0.734. The van der Waals surface area contributed by atoms with Crippen LogP contribution < -0.4 is 0 Å². The number of β-amino-alcohol motifs (C(OH)–C–C–N with tert-alkyl or cyclic N) is 1. The van der Waals surface area contributed by atoms with Gasteiger partial charge in [0, 0.05) is 19.8 Å². The van der Waals surface area contributed by atoms with E-state index in [0.29, 0.717) is 24.0 Å². The average molecular weight is 331 g/mol. The molecule has 8 nitrogen and oxygen atoms in total. The lowest BCUT2D eigenvalue weighted by Gasteiger charge is -2.30. The third kappa shape index (κ3) is 4.15. The van der Waals surface area contributed by atoms with Crippen LogP contribution in [0.1, 0.15) is 18.7 Å². The zero-order valence-electron chi connectivity index (χ0n) is 13.6. The second-order valence-electron chi connectivity index (χ2n) is 6.01. The van der Waals surface area contributed by atoms with Gasteiger partial charge in [-0.1, -0.05) is 11.2 Å². The zero-order chi connectivity index (χ0) is 16.9. The molecule has 1 fully saturated rings. The molecule has 0 saturated carbocycles. The van der Waals surface area contributed by atoms with Gasteiger partial charge >= 0.3 is 0 Å². The molecule has 3 rings (SSSR count). The van der Waals surface area contributed by atoms with E-state index in [2.05, 4.69) is 15.1 Å². The Balaban J connectivity index is 1.55. The number of carbonyl (C=O) groups excluding carboxylic acids is 1. The Morgan fingerprint density at radius 1 is 1.50 bits per heavy atom. The molecule has 0 bridgehead atoms. The number of likely N-dealkylation sites (N-methyl/N-ethyl adjacent to an activating group) is 1. The third-order valence-corrected chi connectivity index (χ3v) is 4.00. The van der Waals surface area contributed by atoms with Crippen LogP contribution in [0.25, 0.3) is 11.5 Å². The molecule has 2 aromatic heterocycles. The molecule has 0 spiro atoms. The molecule has 3 heterocycles. The number of carbonyl (C=O) groups is 1. The number of piperidine rings is 1. The SMILES string of the molecule is CN(Cc1nc(-c2ccccn2)no1)C(=O)CN1CCC[C@H](O)C1. The lowest BCUT2D eigenvalue weighted by atomic mass is 10.1. The molecular weight excluding hydrogens is 310 g/mol. The van der Waals surface area contributed by atoms with Gasteiger partial charge in [-0.25, -0.2) is 0 Å². The van der Waals surface area contributed by atoms with Gasteiger partial charge in [0.1, 0.15) is 5.69 Å². The molecule has 1 N–H and O–H groups in total. The Kier molecular flexibility index (Phi) is 5.17. The van der Waals surface area contributed by atoms with Crippen LogP contribution in [0.15, 0.2) is 28.9 Å². The summed E-state index contributed by atoms with van der Waals surface area (Å²) in [6.07, 6.45) is 3.04. The number of pyridine rings is 1. The molecule has 1 amide bonds. The van der Waals surface area contributed by atoms with E-state index in [1.165, 1.54) is 0 Å². The zero-order valence-corrected chi connectivity index (χ0v) is 13.6. The number of likely N-dealkylation sites (tertiary alicyclic amines) is 1.